The number of imidazole rings is 1. The quantitative estimate of drug-likeness (QED) is 0.785. The van der Waals surface area contributed by atoms with E-state index in [0.717, 1.165) is 37.6 Å². The predicted molar refractivity (Wildman–Crippen MR) is 84.4 cm³/mol. The highest BCUT2D eigenvalue weighted by Crippen LogP contribution is 2.24. The summed E-state index contributed by atoms with van der Waals surface area (Å²) in [4.78, 5) is 21.7. The first-order valence-corrected chi connectivity index (χ1v) is 7.53. The van der Waals surface area contributed by atoms with Gasteiger partial charge in [-0.1, -0.05) is 12.1 Å². The van der Waals surface area contributed by atoms with Gasteiger partial charge in [-0.25, -0.2) is 4.98 Å². The molecule has 1 aromatic carbocycles. The molecule has 6 heteroatoms. The second kappa shape index (κ2) is 6.72. The SMILES string of the molecule is CNC(=O)c1cccc(C2CNCCN2Cc2ncc[nH]2)c1. The molecule has 1 aromatic heterocycles. The molecule has 1 aliphatic heterocycles. The molecule has 2 aromatic rings. The summed E-state index contributed by atoms with van der Waals surface area (Å²) in [6.45, 7) is 3.57. The number of carbonyl (C=O) groups excluding carboxylic acids is 1. The Labute approximate surface area is 129 Å². The average Bonchev–Trinajstić information content (AvgIpc) is 3.08. The molecule has 1 unspecified atom stereocenters. The molecule has 0 aliphatic carbocycles. The summed E-state index contributed by atoms with van der Waals surface area (Å²) in [5.74, 6) is 0.914. The predicted octanol–water partition coefficient (Wildman–Crippen LogP) is 0.916. The van der Waals surface area contributed by atoms with Crippen LogP contribution in [-0.2, 0) is 6.54 Å². The lowest BCUT2D eigenvalue weighted by Gasteiger charge is -2.36. The zero-order valence-corrected chi connectivity index (χ0v) is 12.7. The average molecular weight is 299 g/mol. The maximum Gasteiger partial charge on any atom is 0.251 e. The summed E-state index contributed by atoms with van der Waals surface area (Å²) < 4.78 is 0. The molecule has 1 atom stereocenters. The van der Waals surface area contributed by atoms with Crippen LogP contribution in [0.25, 0.3) is 0 Å². The van der Waals surface area contributed by atoms with Crippen molar-refractivity contribution in [3.8, 4) is 0 Å². The van der Waals surface area contributed by atoms with Crippen molar-refractivity contribution >= 4 is 5.91 Å². The van der Waals surface area contributed by atoms with Crippen LogP contribution in [0.15, 0.2) is 36.7 Å². The minimum absolute atomic E-state index is 0.0526. The molecule has 6 nitrogen and oxygen atoms in total. The van der Waals surface area contributed by atoms with Gasteiger partial charge >= 0.3 is 0 Å². The van der Waals surface area contributed by atoms with Gasteiger partial charge in [-0.3, -0.25) is 9.69 Å². The second-order valence-electron chi connectivity index (χ2n) is 5.43. The third-order valence-corrected chi connectivity index (χ3v) is 4.02. The van der Waals surface area contributed by atoms with E-state index in [0.29, 0.717) is 5.56 Å². The van der Waals surface area contributed by atoms with Gasteiger partial charge in [-0.05, 0) is 17.7 Å². The molecule has 1 amide bonds. The van der Waals surface area contributed by atoms with Gasteiger partial charge in [-0.15, -0.1) is 0 Å². The molecule has 116 valence electrons. The van der Waals surface area contributed by atoms with Crippen LogP contribution in [-0.4, -0.2) is 47.5 Å². The number of nitrogens with one attached hydrogen (secondary N) is 3. The first kappa shape index (κ1) is 14.7. The van der Waals surface area contributed by atoms with Crippen molar-refractivity contribution in [2.24, 2.45) is 0 Å². The summed E-state index contributed by atoms with van der Waals surface area (Å²) in [6.07, 6.45) is 3.62. The van der Waals surface area contributed by atoms with Crippen molar-refractivity contribution in [1.29, 1.82) is 0 Å². The molecule has 0 spiro atoms. The van der Waals surface area contributed by atoms with Gasteiger partial charge < -0.3 is 15.6 Å². The maximum atomic E-state index is 11.8. The Morgan fingerprint density at radius 1 is 1.50 bits per heavy atom. The minimum Gasteiger partial charge on any atom is -0.355 e. The molecule has 0 radical (unpaired) electrons. The molecule has 0 bridgehead atoms. The van der Waals surface area contributed by atoms with Crippen LogP contribution in [0.4, 0.5) is 0 Å². The number of aromatic nitrogens is 2. The Balaban J connectivity index is 1.82. The number of rotatable bonds is 4. The minimum atomic E-state index is -0.0526. The van der Waals surface area contributed by atoms with Crippen LogP contribution in [0.1, 0.15) is 27.8 Å². The maximum absolute atomic E-state index is 11.8. The molecule has 2 heterocycles. The van der Waals surface area contributed by atoms with E-state index in [1.165, 1.54) is 0 Å². The summed E-state index contributed by atoms with van der Waals surface area (Å²) in [7, 11) is 1.65. The smallest absolute Gasteiger partial charge is 0.251 e. The third kappa shape index (κ3) is 3.18. The molecule has 1 aliphatic rings. The number of H-pyrrole nitrogens is 1. The zero-order valence-electron chi connectivity index (χ0n) is 12.7. The normalized spacial score (nSPS) is 19.0. The third-order valence-electron chi connectivity index (χ3n) is 4.02. The van der Waals surface area contributed by atoms with Crippen LogP contribution in [0.5, 0.6) is 0 Å². The van der Waals surface area contributed by atoms with Gasteiger partial charge in [0.15, 0.2) is 0 Å². The van der Waals surface area contributed by atoms with Crippen molar-refractivity contribution in [2.75, 3.05) is 26.7 Å². The molecular weight excluding hydrogens is 278 g/mol. The number of piperazine rings is 1. The molecule has 1 saturated heterocycles. The monoisotopic (exact) mass is 299 g/mol. The van der Waals surface area contributed by atoms with Gasteiger partial charge in [0.05, 0.1) is 6.54 Å². The lowest BCUT2D eigenvalue weighted by molar-refractivity contribution is 0.0962. The van der Waals surface area contributed by atoms with E-state index < -0.39 is 0 Å². The number of nitrogens with zero attached hydrogens (tertiary/aromatic N) is 2. The fraction of sp³-hybridized carbons (Fsp3) is 0.375. The summed E-state index contributed by atoms with van der Waals surface area (Å²) in [5, 5.41) is 6.11. The molecule has 3 N–H and O–H groups in total. The van der Waals surface area contributed by atoms with E-state index in [4.69, 9.17) is 0 Å². The van der Waals surface area contributed by atoms with Crippen molar-refractivity contribution in [1.82, 2.24) is 25.5 Å². The van der Waals surface area contributed by atoms with Gasteiger partial charge in [0.2, 0.25) is 0 Å². The Hall–Kier alpha value is -2.18. The van der Waals surface area contributed by atoms with E-state index in [1.807, 2.05) is 24.4 Å². The van der Waals surface area contributed by atoms with Crippen molar-refractivity contribution in [3.05, 3.63) is 53.6 Å². The number of amides is 1. The number of benzene rings is 1. The Morgan fingerprint density at radius 2 is 2.41 bits per heavy atom. The van der Waals surface area contributed by atoms with E-state index in [1.54, 1.807) is 13.2 Å². The number of aromatic amines is 1. The van der Waals surface area contributed by atoms with Crippen molar-refractivity contribution < 1.29 is 4.79 Å². The van der Waals surface area contributed by atoms with E-state index >= 15 is 0 Å². The summed E-state index contributed by atoms with van der Waals surface area (Å²) >= 11 is 0. The molecule has 0 saturated carbocycles. The van der Waals surface area contributed by atoms with Gasteiger partial charge in [0.25, 0.3) is 5.91 Å². The molecule has 22 heavy (non-hydrogen) atoms. The van der Waals surface area contributed by atoms with Gasteiger partial charge in [0.1, 0.15) is 5.82 Å². The highest BCUT2D eigenvalue weighted by atomic mass is 16.1. The fourth-order valence-electron chi connectivity index (χ4n) is 2.87. The Morgan fingerprint density at radius 3 is 3.18 bits per heavy atom. The lowest BCUT2D eigenvalue weighted by atomic mass is 10.0. The number of hydrogen-bond donors (Lipinski definition) is 3. The fourth-order valence-corrected chi connectivity index (χ4v) is 2.87. The summed E-state index contributed by atoms with van der Waals surface area (Å²) in [6, 6.07) is 8.09. The van der Waals surface area contributed by atoms with E-state index in [2.05, 4.69) is 31.6 Å². The molecule has 1 fully saturated rings. The first-order valence-electron chi connectivity index (χ1n) is 7.53. The van der Waals surface area contributed by atoms with Gasteiger partial charge in [0, 0.05) is 50.7 Å². The number of carbonyl (C=O) groups is 1. The lowest BCUT2D eigenvalue weighted by Crippen LogP contribution is -2.45. The zero-order chi connectivity index (χ0) is 15.4. The van der Waals surface area contributed by atoms with Crippen LogP contribution >= 0.6 is 0 Å². The largest absolute Gasteiger partial charge is 0.355 e. The Kier molecular flexibility index (Phi) is 4.50. The van der Waals surface area contributed by atoms with E-state index in [-0.39, 0.29) is 11.9 Å². The second-order valence-corrected chi connectivity index (χ2v) is 5.43. The Bertz CT molecular complexity index is 625. The first-order chi connectivity index (χ1) is 10.8. The highest BCUT2D eigenvalue weighted by molar-refractivity contribution is 5.94. The van der Waals surface area contributed by atoms with E-state index in [9.17, 15) is 4.79 Å². The van der Waals surface area contributed by atoms with Crippen molar-refractivity contribution in [2.45, 2.75) is 12.6 Å². The molecule has 3 rings (SSSR count). The van der Waals surface area contributed by atoms with Crippen LogP contribution in [0, 0.1) is 0 Å². The highest BCUT2D eigenvalue weighted by Gasteiger charge is 2.24. The summed E-state index contributed by atoms with van der Waals surface area (Å²) in [5.41, 5.74) is 1.85. The van der Waals surface area contributed by atoms with Crippen LogP contribution < -0.4 is 10.6 Å². The van der Waals surface area contributed by atoms with Crippen molar-refractivity contribution in [3.63, 3.8) is 0 Å². The molecular formula is C16H21N5O. The topological polar surface area (TPSA) is 73.1 Å². The number of hydrogen-bond acceptors (Lipinski definition) is 4. The standard InChI is InChI=1S/C16H21N5O/c1-17-16(22)13-4-2-3-12(9-13)14-10-18-7-8-21(14)11-15-19-5-6-20-15/h2-6,9,14,18H,7-8,10-11H2,1H3,(H,17,22)(H,19,20). The van der Waals surface area contributed by atoms with Crippen LogP contribution in [0.3, 0.4) is 0 Å². The van der Waals surface area contributed by atoms with Gasteiger partial charge in [-0.2, -0.15) is 0 Å². The van der Waals surface area contributed by atoms with Crippen LogP contribution in [0.2, 0.25) is 0 Å².